The number of carbonyl (C=O) groups excluding carboxylic acids is 3. The minimum atomic E-state index is -4.75. The normalized spacial score (nSPS) is 13.3. The number of amides is 3. The molecular formula is C21H14F3N3O4S. The molecule has 11 heteroatoms. The number of hydrogen-bond donors (Lipinski definition) is 1. The summed E-state index contributed by atoms with van der Waals surface area (Å²) in [7, 11) is 0. The van der Waals surface area contributed by atoms with Gasteiger partial charge in [-0.1, -0.05) is 24.3 Å². The summed E-state index contributed by atoms with van der Waals surface area (Å²) >= 11 is 1.17. The van der Waals surface area contributed by atoms with Crippen LogP contribution < -0.4 is 10.1 Å². The number of rotatable bonds is 6. The van der Waals surface area contributed by atoms with E-state index in [1.165, 1.54) is 53.9 Å². The minimum Gasteiger partial charge on any atom is -0.406 e. The summed E-state index contributed by atoms with van der Waals surface area (Å²) in [6, 6.07) is 11.8. The van der Waals surface area contributed by atoms with Gasteiger partial charge in [0.25, 0.3) is 11.8 Å². The predicted molar refractivity (Wildman–Crippen MR) is 108 cm³/mol. The Labute approximate surface area is 183 Å². The summed E-state index contributed by atoms with van der Waals surface area (Å²) in [6.07, 6.45) is -2.83. The summed E-state index contributed by atoms with van der Waals surface area (Å²) in [5.74, 6) is -1.95. The first-order chi connectivity index (χ1) is 15.2. The predicted octanol–water partition coefficient (Wildman–Crippen LogP) is 3.87. The van der Waals surface area contributed by atoms with Crippen molar-refractivity contribution in [3.05, 3.63) is 76.3 Å². The van der Waals surface area contributed by atoms with Crippen molar-refractivity contribution in [3.63, 3.8) is 0 Å². The SMILES string of the molecule is O=C(CN1C(=O)c2ccccc2C1=O)Nc1ncc(Cc2ccc(OC(F)(F)F)cc2)s1. The molecule has 0 aliphatic carbocycles. The van der Waals surface area contributed by atoms with E-state index in [-0.39, 0.29) is 22.0 Å². The van der Waals surface area contributed by atoms with Gasteiger partial charge in [-0.15, -0.1) is 24.5 Å². The van der Waals surface area contributed by atoms with Crippen LogP contribution in [0, 0.1) is 0 Å². The Kier molecular flexibility index (Phi) is 5.66. The monoisotopic (exact) mass is 461 g/mol. The molecule has 0 bridgehead atoms. The van der Waals surface area contributed by atoms with E-state index in [9.17, 15) is 27.6 Å². The lowest BCUT2D eigenvalue weighted by Crippen LogP contribution is -2.37. The number of halogens is 3. The fraction of sp³-hybridized carbons (Fsp3) is 0.143. The largest absolute Gasteiger partial charge is 0.573 e. The molecule has 32 heavy (non-hydrogen) atoms. The zero-order valence-corrected chi connectivity index (χ0v) is 17.0. The Hall–Kier alpha value is -3.73. The van der Waals surface area contributed by atoms with Crippen molar-refractivity contribution >= 4 is 34.2 Å². The number of benzene rings is 2. The third kappa shape index (κ3) is 4.78. The van der Waals surface area contributed by atoms with E-state index in [2.05, 4.69) is 15.0 Å². The fourth-order valence-corrected chi connectivity index (χ4v) is 4.01. The van der Waals surface area contributed by atoms with Gasteiger partial charge in [-0.2, -0.15) is 0 Å². The molecule has 1 aliphatic heterocycles. The topological polar surface area (TPSA) is 88.6 Å². The van der Waals surface area contributed by atoms with E-state index < -0.39 is 30.6 Å². The molecule has 0 fully saturated rings. The van der Waals surface area contributed by atoms with Crippen molar-refractivity contribution in [2.24, 2.45) is 0 Å². The molecule has 1 aliphatic rings. The quantitative estimate of drug-likeness (QED) is 0.563. The number of nitrogens with zero attached hydrogens (tertiary/aromatic N) is 2. The molecule has 4 rings (SSSR count). The smallest absolute Gasteiger partial charge is 0.406 e. The van der Waals surface area contributed by atoms with Gasteiger partial charge in [0.1, 0.15) is 12.3 Å². The Bertz CT molecular complexity index is 1160. The number of thiazole rings is 1. The molecule has 3 aromatic rings. The first kappa shape index (κ1) is 21.5. The maximum absolute atomic E-state index is 12.3. The van der Waals surface area contributed by atoms with Gasteiger partial charge in [-0.3, -0.25) is 19.3 Å². The maximum Gasteiger partial charge on any atom is 0.573 e. The minimum absolute atomic E-state index is 0.258. The van der Waals surface area contributed by atoms with Crippen LogP contribution in [0.25, 0.3) is 0 Å². The van der Waals surface area contributed by atoms with Gasteiger partial charge in [0.15, 0.2) is 5.13 Å². The molecule has 0 radical (unpaired) electrons. The van der Waals surface area contributed by atoms with Gasteiger partial charge in [0.2, 0.25) is 5.91 Å². The number of fused-ring (bicyclic) bond motifs is 1. The average Bonchev–Trinajstić information content (AvgIpc) is 3.26. The van der Waals surface area contributed by atoms with E-state index in [4.69, 9.17) is 0 Å². The van der Waals surface area contributed by atoms with Crippen LogP contribution in [-0.2, 0) is 11.2 Å². The maximum atomic E-state index is 12.3. The molecular weight excluding hydrogens is 447 g/mol. The summed E-state index contributed by atoms with van der Waals surface area (Å²) in [6.45, 7) is -0.443. The average molecular weight is 461 g/mol. The lowest BCUT2D eigenvalue weighted by molar-refractivity contribution is -0.274. The number of ether oxygens (including phenoxy) is 1. The summed E-state index contributed by atoms with van der Waals surface area (Å²) in [5.41, 5.74) is 1.24. The van der Waals surface area contributed by atoms with Crippen LogP contribution in [0.15, 0.2) is 54.7 Å². The van der Waals surface area contributed by atoms with Gasteiger partial charge in [0, 0.05) is 17.5 Å². The van der Waals surface area contributed by atoms with Crippen molar-refractivity contribution in [2.75, 3.05) is 11.9 Å². The number of nitrogens with one attached hydrogen (secondary N) is 1. The van der Waals surface area contributed by atoms with Crippen LogP contribution in [0.5, 0.6) is 5.75 Å². The molecule has 3 amide bonds. The van der Waals surface area contributed by atoms with Crippen molar-refractivity contribution in [1.29, 1.82) is 0 Å². The molecule has 0 saturated carbocycles. The third-order valence-electron chi connectivity index (χ3n) is 4.52. The summed E-state index contributed by atoms with van der Waals surface area (Å²) in [5, 5.41) is 2.83. The van der Waals surface area contributed by atoms with Crippen LogP contribution in [0.4, 0.5) is 18.3 Å². The molecule has 0 atom stereocenters. The first-order valence-corrected chi connectivity index (χ1v) is 10.1. The third-order valence-corrected chi connectivity index (χ3v) is 5.43. The molecule has 7 nitrogen and oxygen atoms in total. The van der Waals surface area contributed by atoms with Crippen LogP contribution in [0.2, 0.25) is 0 Å². The molecule has 2 aromatic carbocycles. The van der Waals surface area contributed by atoms with E-state index in [0.717, 1.165) is 15.3 Å². The molecule has 0 spiro atoms. The first-order valence-electron chi connectivity index (χ1n) is 9.24. The molecule has 2 heterocycles. The van der Waals surface area contributed by atoms with E-state index in [1.54, 1.807) is 12.1 Å². The van der Waals surface area contributed by atoms with Crippen LogP contribution in [-0.4, -0.2) is 40.5 Å². The summed E-state index contributed by atoms with van der Waals surface area (Å²) < 4.78 is 40.5. The zero-order valence-electron chi connectivity index (χ0n) is 16.2. The molecule has 164 valence electrons. The van der Waals surface area contributed by atoms with Crippen molar-refractivity contribution in [1.82, 2.24) is 9.88 Å². The van der Waals surface area contributed by atoms with E-state index in [1.807, 2.05) is 0 Å². The van der Waals surface area contributed by atoms with Crippen molar-refractivity contribution < 1.29 is 32.3 Å². The standard InChI is InChI=1S/C21H14F3N3O4S/c22-21(23,24)31-13-7-5-12(6-8-13)9-14-10-25-20(32-14)26-17(28)11-27-18(29)15-3-1-2-4-16(15)19(27)30/h1-8,10H,9,11H2,(H,25,26,28). The second-order valence-electron chi connectivity index (χ2n) is 6.79. The van der Waals surface area contributed by atoms with Crippen LogP contribution in [0.3, 0.4) is 0 Å². The lowest BCUT2D eigenvalue weighted by Gasteiger charge is -2.12. The Morgan fingerprint density at radius 1 is 1.03 bits per heavy atom. The van der Waals surface area contributed by atoms with Crippen LogP contribution in [0.1, 0.15) is 31.2 Å². The van der Waals surface area contributed by atoms with E-state index in [0.29, 0.717) is 6.42 Å². The number of aromatic nitrogens is 1. The van der Waals surface area contributed by atoms with Gasteiger partial charge < -0.3 is 10.1 Å². The highest BCUT2D eigenvalue weighted by molar-refractivity contribution is 7.15. The second kappa shape index (κ2) is 8.42. The van der Waals surface area contributed by atoms with Gasteiger partial charge in [0.05, 0.1) is 11.1 Å². The van der Waals surface area contributed by atoms with Crippen molar-refractivity contribution in [3.8, 4) is 5.75 Å². The zero-order chi connectivity index (χ0) is 22.9. The highest BCUT2D eigenvalue weighted by Gasteiger charge is 2.36. The highest BCUT2D eigenvalue weighted by atomic mass is 32.1. The van der Waals surface area contributed by atoms with E-state index >= 15 is 0 Å². The van der Waals surface area contributed by atoms with Crippen LogP contribution >= 0.6 is 11.3 Å². The lowest BCUT2D eigenvalue weighted by atomic mass is 10.1. The number of imide groups is 1. The Balaban J connectivity index is 1.34. The Morgan fingerprint density at radius 2 is 1.66 bits per heavy atom. The number of carbonyl (C=O) groups is 3. The Morgan fingerprint density at radius 3 is 2.25 bits per heavy atom. The van der Waals surface area contributed by atoms with Gasteiger partial charge in [-0.25, -0.2) is 4.98 Å². The molecule has 1 aromatic heterocycles. The fourth-order valence-electron chi connectivity index (χ4n) is 3.14. The number of alkyl halides is 3. The molecule has 1 N–H and O–H groups in total. The highest BCUT2D eigenvalue weighted by Crippen LogP contribution is 2.26. The molecule has 0 unspecified atom stereocenters. The molecule has 0 saturated heterocycles. The van der Waals surface area contributed by atoms with Gasteiger partial charge in [-0.05, 0) is 29.8 Å². The van der Waals surface area contributed by atoms with Gasteiger partial charge >= 0.3 is 6.36 Å². The van der Waals surface area contributed by atoms with Crippen molar-refractivity contribution in [2.45, 2.75) is 12.8 Å². The summed E-state index contributed by atoms with van der Waals surface area (Å²) in [4.78, 5) is 42.7. The number of hydrogen-bond acceptors (Lipinski definition) is 6. The second-order valence-corrected chi connectivity index (χ2v) is 7.91. The number of anilines is 1.